The van der Waals surface area contributed by atoms with Crippen LogP contribution in [-0.2, 0) is 4.79 Å². The van der Waals surface area contributed by atoms with Crippen molar-refractivity contribution in [1.82, 2.24) is 5.32 Å². The number of ketones is 1. The van der Waals surface area contributed by atoms with Gasteiger partial charge < -0.3 is 5.32 Å². The van der Waals surface area contributed by atoms with Crippen LogP contribution in [0.2, 0.25) is 0 Å². The van der Waals surface area contributed by atoms with Crippen LogP contribution in [0.5, 0.6) is 0 Å². The maximum absolute atomic E-state index is 12.5. The highest BCUT2D eigenvalue weighted by Crippen LogP contribution is 2.23. The van der Waals surface area contributed by atoms with Gasteiger partial charge in [-0.15, -0.1) is 0 Å². The number of hydrogen-bond acceptors (Lipinski definition) is 2. The highest BCUT2D eigenvalue weighted by molar-refractivity contribution is 5.78. The summed E-state index contributed by atoms with van der Waals surface area (Å²) in [4.78, 5) is 12.5. The van der Waals surface area contributed by atoms with Gasteiger partial charge in [-0.25, -0.2) is 0 Å². The Bertz CT molecular complexity index is 316. The fourth-order valence-corrected chi connectivity index (χ4v) is 4.07. The molecule has 1 unspecified atom stereocenters. The Kier molecular flexibility index (Phi) is 22.6. The van der Waals surface area contributed by atoms with Gasteiger partial charge in [0, 0.05) is 12.8 Å². The fourth-order valence-electron chi connectivity index (χ4n) is 4.07. The average Bonchev–Trinajstić information content (AvgIpc) is 2.69. The molecule has 0 aliphatic carbocycles. The second-order valence-corrected chi connectivity index (χ2v) is 8.93. The zero-order valence-corrected chi connectivity index (χ0v) is 19.8. The van der Waals surface area contributed by atoms with Crippen molar-refractivity contribution < 1.29 is 4.79 Å². The molecule has 0 aliphatic rings. The van der Waals surface area contributed by atoms with Crippen molar-refractivity contribution in [3.8, 4) is 0 Å². The molecule has 0 amide bonds. The van der Waals surface area contributed by atoms with Crippen LogP contribution in [0.4, 0.5) is 0 Å². The molecule has 0 saturated heterocycles. The van der Waals surface area contributed by atoms with Crippen molar-refractivity contribution in [2.45, 2.75) is 143 Å². The Morgan fingerprint density at radius 3 is 1.79 bits per heavy atom. The van der Waals surface area contributed by atoms with Crippen molar-refractivity contribution in [3.63, 3.8) is 0 Å². The van der Waals surface area contributed by atoms with E-state index in [4.69, 9.17) is 0 Å². The summed E-state index contributed by atoms with van der Waals surface area (Å²) >= 11 is 0. The van der Waals surface area contributed by atoms with Gasteiger partial charge in [-0.05, 0) is 38.3 Å². The molecule has 0 rings (SSSR count). The maximum atomic E-state index is 12.5. The topological polar surface area (TPSA) is 29.1 Å². The third kappa shape index (κ3) is 20.4. The molecule has 168 valence electrons. The lowest BCUT2D eigenvalue weighted by atomic mass is 9.89. The van der Waals surface area contributed by atoms with Gasteiger partial charge in [0.05, 0.1) is 0 Å². The van der Waals surface area contributed by atoms with E-state index in [0.29, 0.717) is 11.7 Å². The van der Waals surface area contributed by atoms with Gasteiger partial charge in [-0.3, -0.25) is 4.79 Å². The molecule has 0 aromatic rings. The number of hydrogen-bond donors (Lipinski definition) is 1. The second-order valence-electron chi connectivity index (χ2n) is 8.93. The van der Waals surface area contributed by atoms with Crippen LogP contribution in [0.25, 0.3) is 0 Å². The minimum Gasteiger partial charge on any atom is -0.317 e. The summed E-state index contributed by atoms with van der Waals surface area (Å²) in [6.45, 7) is 9.04. The third-order valence-corrected chi connectivity index (χ3v) is 5.93. The lowest BCUT2D eigenvalue weighted by Crippen LogP contribution is -2.15. The van der Waals surface area contributed by atoms with Crippen LogP contribution >= 0.6 is 0 Å². The second kappa shape index (κ2) is 22.9. The maximum Gasteiger partial charge on any atom is 0.133 e. The SMILES string of the molecule is CCCCCCCCC(CCCCCC)CC(=O)CCCCCCNCCC. The summed E-state index contributed by atoms with van der Waals surface area (Å²) in [6.07, 6.45) is 23.8. The van der Waals surface area contributed by atoms with Crippen LogP contribution in [0.1, 0.15) is 143 Å². The zero-order valence-electron chi connectivity index (χ0n) is 19.8. The molecule has 0 saturated carbocycles. The van der Waals surface area contributed by atoms with E-state index in [-0.39, 0.29) is 0 Å². The summed E-state index contributed by atoms with van der Waals surface area (Å²) in [5.74, 6) is 1.20. The van der Waals surface area contributed by atoms with Crippen molar-refractivity contribution in [3.05, 3.63) is 0 Å². The minimum absolute atomic E-state index is 0.538. The number of Topliss-reactive ketones (excluding diaryl/α,β-unsaturated/α-hetero) is 1. The van der Waals surface area contributed by atoms with Gasteiger partial charge >= 0.3 is 0 Å². The largest absolute Gasteiger partial charge is 0.317 e. The first kappa shape index (κ1) is 27.6. The van der Waals surface area contributed by atoms with Crippen molar-refractivity contribution in [2.24, 2.45) is 5.92 Å². The van der Waals surface area contributed by atoms with Crippen molar-refractivity contribution >= 4 is 5.78 Å². The monoisotopic (exact) mass is 395 g/mol. The number of nitrogens with one attached hydrogen (secondary N) is 1. The van der Waals surface area contributed by atoms with Crippen LogP contribution in [0.3, 0.4) is 0 Å². The first-order chi connectivity index (χ1) is 13.7. The molecule has 1 N–H and O–H groups in total. The molecule has 2 heteroatoms. The number of rotatable bonds is 23. The molecule has 28 heavy (non-hydrogen) atoms. The van der Waals surface area contributed by atoms with E-state index >= 15 is 0 Å². The zero-order chi connectivity index (χ0) is 20.7. The molecule has 0 heterocycles. The van der Waals surface area contributed by atoms with Gasteiger partial charge in [-0.2, -0.15) is 0 Å². The van der Waals surface area contributed by atoms with Gasteiger partial charge in [-0.1, -0.05) is 111 Å². The third-order valence-electron chi connectivity index (χ3n) is 5.93. The molecule has 0 spiro atoms. The highest BCUT2D eigenvalue weighted by atomic mass is 16.1. The number of carbonyl (C=O) groups is 1. The highest BCUT2D eigenvalue weighted by Gasteiger charge is 2.13. The first-order valence-electron chi connectivity index (χ1n) is 13.0. The molecule has 0 aromatic heterocycles. The van der Waals surface area contributed by atoms with Crippen LogP contribution in [0, 0.1) is 5.92 Å². The Labute approximate surface area is 178 Å². The van der Waals surface area contributed by atoms with Crippen LogP contribution in [-0.4, -0.2) is 18.9 Å². The molecular weight excluding hydrogens is 342 g/mol. The molecule has 2 nitrogen and oxygen atoms in total. The molecular formula is C26H53NO. The van der Waals surface area contributed by atoms with E-state index in [9.17, 15) is 4.79 Å². The van der Waals surface area contributed by atoms with E-state index in [1.807, 2.05) is 0 Å². The Balaban J connectivity index is 3.89. The lowest BCUT2D eigenvalue weighted by molar-refractivity contribution is -0.120. The van der Waals surface area contributed by atoms with E-state index < -0.39 is 0 Å². The van der Waals surface area contributed by atoms with Crippen molar-refractivity contribution in [1.29, 1.82) is 0 Å². The Morgan fingerprint density at radius 1 is 0.607 bits per heavy atom. The van der Waals surface area contributed by atoms with Gasteiger partial charge in [0.2, 0.25) is 0 Å². The predicted octanol–water partition coefficient (Wildman–Crippen LogP) is 8.23. The quantitative estimate of drug-likeness (QED) is 0.176. The van der Waals surface area contributed by atoms with E-state index in [1.54, 1.807) is 0 Å². The molecule has 0 bridgehead atoms. The molecule has 0 fully saturated rings. The van der Waals surface area contributed by atoms with E-state index in [0.717, 1.165) is 32.4 Å². The molecule has 0 aliphatic heterocycles. The van der Waals surface area contributed by atoms with E-state index in [1.165, 1.54) is 103 Å². The molecule has 0 aromatic carbocycles. The summed E-state index contributed by atoms with van der Waals surface area (Å²) in [5, 5.41) is 3.46. The van der Waals surface area contributed by atoms with Gasteiger partial charge in [0.15, 0.2) is 0 Å². The summed E-state index contributed by atoms with van der Waals surface area (Å²) in [5.41, 5.74) is 0. The van der Waals surface area contributed by atoms with Crippen LogP contribution in [0.15, 0.2) is 0 Å². The molecule has 0 radical (unpaired) electrons. The lowest BCUT2D eigenvalue weighted by Gasteiger charge is -2.16. The summed E-state index contributed by atoms with van der Waals surface area (Å²) in [7, 11) is 0. The molecule has 1 atom stereocenters. The average molecular weight is 396 g/mol. The Morgan fingerprint density at radius 2 is 1.14 bits per heavy atom. The predicted molar refractivity (Wildman–Crippen MR) is 126 cm³/mol. The minimum atomic E-state index is 0.538. The van der Waals surface area contributed by atoms with Gasteiger partial charge in [0.25, 0.3) is 0 Å². The fraction of sp³-hybridized carbons (Fsp3) is 0.962. The van der Waals surface area contributed by atoms with Gasteiger partial charge in [0.1, 0.15) is 5.78 Å². The first-order valence-corrected chi connectivity index (χ1v) is 13.0. The summed E-state index contributed by atoms with van der Waals surface area (Å²) in [6, 6.07) is 0. The van der Waals surface area contributed by atoms with Crippen molar-refractivity contribution in [2.75, 3.05) is 13.1 Å². The normalized spacial score (nSPS) is 12.4. The van der Waals surface area contributed by atoms with Crippen LogP contribution < -0.4 is 5.32 Å². The number of unbranched alkanes of at least 4 members (excludes halogenated alkanes) is 11. The Hall–Kier alpha value is -0.370. The van der Waals surface area contributed by atoms with E-state index in [2.05, 4.69) is 26.1 Å². The summed E-state index contributed by atoms with van der Waals surface area (Å²) < 4.78 is 0. The number of carbonyl (C=O) groups excluding carboxylic acids is 1. The standard InChI is InChI=1S/C26H53NO/c1-4-7-9-11-12-16-20-25(19-15-10-8-5-2)24-26(28)21-17-13-14-18-23-27-22-6-3/h25,27H,4-24H2,1-3H3. The smallest absolute Gasteiger partial charge is 0.133 e.